The third-order valence-electron chi connectivity index (χ3n) is 4.33. The van der Waals surface area contributed by atoms with Crippen molar-refractivity contribution in [1.82, 2.24) is 5.32 Å². The van der Waals surface area contributed by atoms with Crippen LogP contribution < -0.4 is 19.5 Å². The molecule has 5 heteroatoms. The van der Waals surface area contributed by atoms with Crippen LogP contribution in [0, 0.1) is 0 Å². The molecule has 0 aliphatic heterocycles. The van der Waals surface area contributed by atoms with E-state index in [-0.39, 0.29) is 0 Å². The Hall–Kier alpha value is -3.05. The zero-order chi connectivity index (χ0) is 20.5. The Kier molecular flexibility index (Phi) is 7.47. The molecule has 0 atom stereocenters. The summed E-state index contributed by atoms with van der Waals surface area (Å²) in [5, 5.41) is 3.29. The van der Waals surface area contributed by atoms with Gasteiger partial charge in [-0.3, -0.25) is 0 Å². The van der Waals surface area contributed by atoms with Crippen molar-refractivity contribution >= 4 is 17.2 Å². The molecule has 3 aromatic carbocycles. The first-order valence-electron chi connectivity index (χ1n) is 9.54. The summed E-state index contributed by atoms with van der Waals surface area (Å²) in [5.74, 6) is 2.22. The lowest BCUT2D eigenvalue weighted by molar-refractivity contribution is 0.269. The topological polar surface area (TPSA) is 39.7 Å². The van der Waals surface area contributed by atoms with E-state index in [0.717, 1.165) is 22.4 Å². The average Bonchev–Trinajstić information content (AvgIpc) is 2.77. The van der Waals surface area contributed by atoms with Crippen molar-refractivity contribution in [2.45, 2.75) is 20.1 Å². The fourth-order valence-electron chi connectivity index (χ4n) is 2.84. The minimum Gasteiger partial charge on any atom is -0.497 e. The lowest BCUT2D eigenvalue weighted by Crippen LogP contribution is -2.21. The number of ether oxygens (including phenoxy) is 3. The predicted molar refractivity (Wildman–Crippen MR) is 120 cm³/mol. The first-order chi connectivity index (χ1) is 14.2. The van der Waals surface area contributed by atoms with Crippen LogP contribution in [0.15, 0.2) is 72.8 Å². The molecule has 0 fully saturated rings. The van der Waals surface area contributed by atoms with E-state index in [1.807, 2.05) is 79.7 Å². The maximum Gasteiger partial charge on any atom is 0.161 e. The first kappa shape index (κ1) is 20.7. The maximum absolute atomic E-state index is 5.96. The van der Waals surface area contributed by atoms with E-state index in [9.17, 15) is 0 Å². The van der Waals surface area contributed by atoms with E-state index in [4.69, 9.17) is 26.4 Å². The molecule has 0 unspecified atom stereocenters. The molecule has 4 nitrogen and oxygen atoms in total. The maximum atomic E-state index is 5.96. The van der Waals surface area contributed by atoms with E-state index in [1.54, 1.807) is 7.11 Å². The van der Waals surface area contributed by atoms with Gasteiger partial charge in [0.25, 0.3) is 0 Å². The minimum absolute atomic E-state index is 0.485. The van der Waals surface area contributed by atoms with Gasteiger partial charge in [-0.15, -0.1) is 0 Å². The molecule has 0 heterocycles. The van der Waals surface area contributed by atoms with E-state index in [1.165, 1.54) is 0 Å². The Bertz CT molecular complexity index is 944. The summed E-state index contributed by atoms with van der Waals surface area (Å²) >= 11 is 5.57. The molecule has 0 bridgehead atoms. The van der Waals surface area contributed by atoms with Crippen LogP contribution in [0.4, 0.5) is 0 Å². The Morgan fingerprint density at radius 2 is 1.66 bits per heavy atom. The highest BCUT2D eigenvalue weighted by Gasteiger charge is 2.10. The Balaban J connectivity index is 1.66. The molecular formula is C24H25NO3S. The van der Waals surface area contributed by atoms with Gasteiger partial charge in [0.2, 0.25) is 0 Å². The lowest BCUT2D eigenvalue weighted by Gasteiger charge is -2.15. The van der Waals surface area contributed by atoms with Crippen LogP contribution in [-0.4, -0.2) is 18.7 Å². The number of hydrogen-bond donors (Lipinski definition) is 1. The van der Waals surface area contributed by atoms with Crippen LogP contribution in [0.5, 0.6) is 17.2 Å². The van der Waals surface area contributed by atoms with E-state index >= 15 is 0 Å². The molecule has 150 valence electrons. The summed E-state index contributed by atoms with van der Waals surface area (Å²) < 4.78 is 17.0. The summed E-state index contributed by atoms with van der Waals surface area (Å²) in [4.78, 5) is 0.656. The van der Waals surface area contributed by atoms with Crippen LogP contribution in [0.2, 0.25) is 0 Å². The highest BCUT2D eigenvalue weighted by atomic mass is 32.1. The zero-order valence-corrected chi connectivity index (χ0v) is 17.5. The SMILES string of the molecule is CCOc1cc(C(=S)NCc2cccc(OC)c2)ccc1OCc1ccccc1. The molecule has 3 aromatic rings. The van der Waals surface area contributed by atoms with Gasteiger partial charge in [0.05, 0.1) is 13.7 Å². The molecule has 3 rings (SSSR count). The lowest BCUT2D eigenvalue weighted by atomic mass is 10.1. The molecule has 0 aliphatic rings. The van der Waals surface area contributed by atoms with Gasteiger partial charge in [-0.25, -0.2) is 0 Å². The number of methoxy groups -OCH3 is 1. The van der Waals surface area contributed by atoms with Crippen LogP contribution >= 0.6 is 12.2 Å². The summed E-state index contributed by atoms with van der Waals surface area (Å²) in [7, 11) is 1.66. The van der Waals surface area contributed by atoms with Crippen LogP contribution in [0.3, 0.4) is 0 Å². The number of rotatable bonds is 9. The van der Waals surface area contributed by atoms with Gasteiger partial charge in [0.15, 0.2) is 11.5 Å². The van der Waals surface area contributed by atoms with Gasteiger partial charge in [-0.2, -0.15) is 0 Å². The third kappa shape index (κ3) is 5.96. The fourth-order valence-corrected chi connectivity index (χ4v) is 3.04. The highest BCUT2D eigenvalue weighted by molar-refractivity contribution is 7.80. The number of hydrogen-bond acceptors (Lipinski definition) is 4. The quantitative estimate of drug-likeness (QED) is 0.498. The molecular weight excluding hydrogens is 382 g/mol. The van der Waals surface area contributed by atoms with Crippen molar-refractivity contribution in [3.05, 3.63) is 89.5 Å². The Morgan fingerprint density at radius 3 is 2.41 bits per heavy atom. The fraction of sp³-hybridized carbons (Fsp3) is 0.208. The predicted octanol–water partition coefficient (Wildman–Crippen LogP) is 5.14. The summed E-state index contributed by atoms with van der Waals surface area (Å²) in [6, 6.07) is 23.7. The second-order valence-electron chi connectivity index (χ2n) is 6.40. The van der Waals surface area contributed by atoms with Crippen molar-refractivity contribution < 1.29 is 14.2 Å². The van der Waals surface area contributed by atoms with E-state index < -0.39 is 0 Å². The normalized spacial score (nSPS) is 10.3. The third-order valence-corrected chi connectivity index (χ3v) is 4.71. The smallest absolute Gasteiger partial charge is 0.161 e. The van der Waals surface area contributed by atoms with Crippen molar-refractivity contribution in [3.63, 3.8) is 0 Å². The Labute approximate surface area is 177 Å². The van der Waals surface area contributed by atoms with Crippen molar-refractivity contribution in [1.29, 1.82) is 0 Å². The molecule has 0 spiro atoms. The average molecular weight is 408 g/mol. The second kappa shape index (κ2) is 10.5. The summed E-state index contributed by atoms with van der Waals surface area (Å²) in [6.07, 6.45) is 0. The van der Waals surface area contributed by atoms with Crippen LogP contribution in [-0.2, 0) is 13.2 Å². The van der Waals surface area contributed by atoms with E-state index in [2.05, 4.69) is 5.32 Å². The van der Waals surface area contributed by atoms with Crippen LogP contribution in [0.1, 0.15) is 23.6 Å². The van der Waals surface area contributed by atoms with Gasteiger partial charge in [-0.05, 0) is 48.4 Å². The van der Waals surface area contributed by atoms with Crippen molar-refractivity contribution in [2.75, 3.05) is 13.7 Å². The minimum atomic E-state index is 0.485. The molecule has 1 N–H and O–H groups in total. The molecule has 0 radical (unpaired) electrons. The molecule has 0 saturated carbocycles. The van der Waals surface area contributed by atoms with Crippen molar-refractivity contribution in [3.8, 4) is 17.2 Å². The molecule has 0 aromatic heterocycles. The van der Waals surface area contributed by atoms with Gasteiger partial charge < -0.3 is 19.5 Å². The standard InChI is InChI=1S/C24H25NO3S/c1-3-27-23-15-20(12-13-22(23)28-17-18-8-5-4-6-9-18)24(29)25-16-19-10-7-11-21(14-19)26-2/h4-15H,3,16-17H2,1-2H3,(H,25,29). The molecule has 0 aliphatic carbocycles. The summed E-state index contributed by atoms with van der Waals surface area (Å²) in [5.41, 5.74) is 3.09. The molecule has 0 amide bonds. The van der Waals surface area contributed by atoms with Gasteiger partial charge in [0, 0.05) is 12.1 Å². The Morgan fingerprint density at radius 1 is 0.862 bits per heavy atom. The van der Waals surface area contributed by atoms with Gasteiger partial charge in [-0.1, -0.05) is 54.7 Å². The monoisotopic (exact) mass is 407 g/mol. The second-order valence-corrected chi connectivity index (χ2v) is 6.81. The number of thiocarbonyl (C=S) groups is 1. The summed E-state index contributed by atoms with van der Waals surface area (Å²) in [6.45, 7) is 3.60. The number of nitrogens with one attached hydrogen (secondary N) is 1. The van der Waals surface area contributed by atoms with Crippen molar-refractivity contribution in [2.24, 2.45) is 0 Å². The molecule has 0 saturated heterocycles. The zero-order valence-electron chi connectivity index (χ0n) is 16.7. The number of benzene rings is 3. The highest BCUT2D eigenvalue weighted by Crippen LogP contribution is 2.29. The first-order valence-corrected chi connectivity index (χ1v) is 9.95. The largest absolute Gasteiger partial charge is 0.497 e. The molecule has 29 heavy (non-hydrogen) atoms. The van der Waals surface area contributed by atoms with Gasteiger partial charge in [0.1, 0.15) is 17.3 Å². The van der Waals surface area contributed by atoms with E-state index in [0.29, 0.717) is 36.2 Å². The van der Waals surface area contributed by atoms with Gasteiger partial charge >= 0.3 is 0 Å². The van der Waals surface area contributed by atoms with Crippen LogP contribution in [0.25, 0.3) is 0 Å².